The summed E-state index contributed by atoms with van der Waals surface area (Å²) in [7, 11) is -3.61. The van der Waals surface area contributed by atoms with Crippen LogP contribution in [0.3, 0.4) is 0 Å². The van der Waals surface area contributed by atoms with Crippen LogP contribution in [0.25, 0.3) is 0 Å². The molecule has 0 aromatic carbocycles. The molecule has 0 unspecified atom stereocenters. The third-order valence-electron chi connectivity index (χ3n) is 3.11. The Kier molecular flexibility index (Phi) is 4.68. The van der Waals surface area contributed by atoms with Crippen LogP contribution < -0.4 is 4.72 Å². The summed E-state index contributed by atoms with van der Waals surface area (Å²) in [6, 6.07) is 0. The molecule has 0 radical (unpaired) electrons. The third-order valence-corrected chi connectivity index (χ3v) is 4.38. The first-order valence-corrected chi connectivity index (χ1v) is 7.98. The molecule has 1 aromatic rings. The minimum Gasteiger partial charge on any atom is -0.390 e. The predicted molar refractivity (Wildman–Crippen MR) is 71.5 cm³/mol. The standard InChI is InChI=1S/C10H17N5O4S/c16-15(17)10-11-3-8-14(10)9-20(18,19)12-4-7-13-5-1-2-6-13/h3,8,12H,1-2,4-7,9H2. The van der Waals surface area contributed by atoms with Crippen LogP contribution in [0.15, 0.2) is 12.4 Å². The van der Waals surface area contributed by atoms with Gasteiger partial charge in [-0.05, 0) is 30.9 Å². The fourth-order valence-electron chi connectivity index (χ4n) is 2.17. The largest absolute Gasteiger partial charge is 0.435 e. The lowest BCUT2D eigenvalue weighted by Crippen LogP contribution is -2.35. The molecule has 1 N–H and O–H groups in total. The average molecular weight is 303 g/mol. The van der Waals surface area contributed by atoms with Crippen molar-refractivity contribution in [3.05, 3.63) is 22.5 Å². The van der Waals surface area contributed by atoms with E-state index in [1.54, 1.807) is 0 Å². The van der Waals surface area contributed by atoms with E-state index in [2.05, 4.69) is 14.6 Å². The Morgan fingerprint density at radius 1 is 1.40 bits per heavy atom. The van der Waals surface area contributed by atoms with Gasteiger partial charge in [0.1, 0.15) is 12.4 Å². The topological polar surface area (TPSA) is 110 Å². The van der Waals surface area contributed by atoms with Crippen LogP contribution in [-0.4, -0.2) is 54.0 Å². The van der Waals surface area contributed by atoms with Crippen molar-refractivity contribution in [3.63, 3.8) is 0 Å². The van der Waals surface area contributed by atoms with Gasteiger partial charge in [0.25, 0.3) is 0 Å². The van der Waals surface area contributed by atoms with Crippen molar-refractivity contribution in [2.45, 2.75) is 18.7 Å². The van der Waals surface area contributed by atoms with Gasteiger partial charge in [0, 0.05) is 13.1 Å². The molecule has 1 fully saturated rings. The van der Waals surface area contributed by atoms with Crippen LogP contribution in [0.1, 0.15) is 12.8 Å². The zero-order chi connectivity index (χ0) is 14.6. The van der Waals surface area contributed by atoms with Gasteiger partial charge >= 0.3 is 5.95 Å². The molecule has 20 heavy (non-hydrogen) atoms. The van der Waals surface area contributed by atoms with Gasteiger partial charge in [0.05, 0.1) is 0 Å². The van der Waals surface area contributed by atoms with Crippen molar-refractivity contribution in [3.8, 4) is 0 Å². The molecule has 0 atom stereocenters. The van der Waals surface area contributed by atoms with Gasteiger partial charge in [0.2, 0.25) is 10.0 Å². The normalized spacial score (nSPS) is 16.6. The number of aromatic nitrogens is 2. The highest BCUT2D eigenvalue weighted by Crippen LogP contribution is 2.09. The Balaban J connectivity index is 1.86. The van der Waals surface area contributed by atoms with Crippen LogP contribution in [-0.2, 0) is 15.9 Å². The van der Waals surface area contributed by atoms with Gasteiger partial charge in [-0.25, -0.2) is 17.7 Å². The number of nitro groups is 1. The SMILES string of the molecule is O=[N+]([O-])c1nccn1CS(=O)(=O)NCCN1CCCC1. The summed E-state index contributed by atoms with van der Waals surface area (Å²) in [5.74, 6) is -0.974. The second-order valence-electron chi connectivity index (χ2n) is 4.64. The van der Waals surface area contributed by atoms with E-state index in [-0.39, 0.29) is 0 Å². The summed E-state index contributed by atoms with van der Waals surface area (Å²) in [4.78, 5) is 15.6. The number of imidazole rings is 1. The summed E-state index contributed by atoms with van der Waals surface area (Å²) in [5, 5.41) is 10.7. The molecule has 0 spiro atoms. The number of sulfonamides is 1. The molecule has 0 saturated carbocycles. The van der Waals surface area contributed by atoms with Crippen molar-refractivity contribution >= 4 is 16.0 Å². The van der Waals surface area contributed by atoms with E-state index in [1.807, 2.05) is 0 Å². The van der Waals surface area contributed by atoms with E-state index in [0.29, 0.717) is 13.1 Å². The number of likely N-dealkylation sites (tertiary alicyclic amines) is 1. The molecule has 2 heterocycles. The zero-order valence-electron chi connectivity index (χ0n) is 10.9. The van der Waals surface area contributed by atoms with Gasteiger partial charge in [-0.15, -0.1) is 0 Å². The average Bonchev–Trinajstić information content (AvgIpc) is 2.99. The molecule has 0 amide bonds. The molecular weight excluding hydrogens is 286 g/mol. The summed E-state index contributed by atoms with van der Waals surface area (Å²) in [5.41, 5.74) is 0. The van der Waals surface area contributed by atoms with Crippen molar-refractivity contribution in [1.82, 2.24) is 19.2 Å². The van der Waals surface area contributed by atoms with Gasteiger partial charge in [0.15, 0.2) is 5.88 Å². The Morgan fingerprint density at radius 3 is 2.75 bits per heavy atom. The number of rotatable bonds is 7. The fraction of sp³-hybridized carbons (Fsp3) is 0.700. The molecule has 1 aliphatic heterocycles. The molecule has 1 saturated heterocycles. The highest BCUT2D eigenvalue weighted by molar-refractivity contribution is 7.88. The quantitative estimate of drug-likeness (QED) is 0.550. The summed E-state index contributed by atoms with van der Waals surface area (Å²) < 4.78 is 27.1. The van der Waals surface area contributed by atoms with E-state index in [0.717, 1.165) is 30.5 Å². The Labute approximate surface area is 116 Å². The number of hydrogen-bond acceptors (Lipinski definition) is 6. The maximum absolute atomic E-state index is 11.8. The lowest BCUT2D eigenvalue weighted by Gasteiger charge is -2.14. The monoisotopic (exact) mass is 303 g/mol. The number of nitrogens with zero attached hydrogens (tertiary/aromatic N) is 4. The van der Waals surface area contributed by atoms with Gasteiger partial charge < -0.3 is 15.0 Å². The van der Waals surface area contributed by atoms with E-state index in [4.69, 9.17) is 0 Å². The Bertz CT molecular complexity index is 564. The Morgan fingerprint density at radius 2 is 2.10 bits per heavy atom. The van der Waals surface area contributed by atoms with Gasteiger partial charge in [-0.2, -0.15) is 0 Å². The van der Waals surface area contributed by atoms with Crippen molar-refractivity contribution in [2.75, 3.05) is 26.2 Å². The molecular formula is C10H17N5O4S. The van der Waals surface area contributed by atoms with E-state index >= 15 is 0 Å². The van der Waals surface area contributed by atoms with Crippen molar-refractivity contribution in [1.29, 1.82) is 0 Å². The van der Waals surface area contributed by atoms with Gasteiger partial charge in [-0.3, -0.25) is 0 Å². The van der Waals surface area contributed by atoms with Crippen LogP contribution in [0.5, 0.6) is 0 Å². The predicted octanol–water partition coefficient (Wildman–Crippen LogP) is -0.236. The maximum Gasteiger partial charge on any atom is 0.435 e. The molecule has 1 aliphatic rings. The van der Waals surface area contributed by atoms with E-state index < -0.39 is 26.8 Å². The first-order chi connectivity index (χ1) is 9.48. The molecule has 1 aromatic heterocycles. The van der Waals surface area contributed by atoms with E-state index in [9.17, 15) is 18.5 Å². The van der Waals surface area contributed by atoms with Crippen LogP contribution in [0.4, 0.5) is 5.95 Å². The molecule has 10 heteroatoms. The van der Waals surface area contributed by atoms with Crippen molar-refractivity contribution in [2.24, 2.45) is 0 Å². The van der Waals surface area contributed by atoms with Gasteiger partial charge in [-0.1, -0.05) is 4.98 Å². The summed E-state index contributed by atoms with van der Waals surface area (Å²) >= 11 is 0. The highest BCUT2D eigenvalue weighted by Gasteiger charge is 2.21. The van der Waals surface area contributed by atoms with Crippen LogP contribution >= 0.6 is 0 Å². The zero-order valence-corrected chi connectivity index (χ0v) is 11.8. The maximum atomic E-state index is 11.8. The molecule has 2 rings (SSSR count). The minimum absolute atomic E-state index is 0.310. The molecule has 0 bridgehead atoms. The minimum atomic E-state index is -3.61. The smallest absolute Gasteiger partial charge is 0.390 e. The Hall–Kier alpha value is -1.52. The fourth-order valence-corrected chi connectivity index (χ4v) is 3.23. The summed E-state index contributed by atoms with van der Waals surface area (Å²) in [6.07, 6.45) is 4.78. The lowest BCUT2D eigenvalue weighted by atomic mass is 10.4. The molecule has 0 aliphatic carbocycles. The first kappa shape index (κ1) is 14.9. The number of hydrogen-bond donors (Lipinski definition) is 1. The first-order valence-electron chi connectivity index (χ1n) is 6.33. The second kappa shape index (κ2) is 6.29. The number of nitrogens with one attached hydrogen (secondary N) is 1. The molecule has 9 nitrogen and oxygen atoms in total. The van der Waals surface area contributed by atoms with Crippen LogP contribution in [0.2, 0.25) is 0 Å². The van der Waals surface area contributed by atoms with Crippen molar-refractivity contribution < 1.29 is 13.3 Å². The molecule has 112 valence electrons. The van der Waals surface area contributed by atoms with E-state index in [1.165, 1.54) is 12.4 Å². The highest BCUT2D eigenvalue weighted by atomic mass is 32.2. The second-order valence-corrected chi connectivity index (χ2v) is 6.42. The lowest BCUT2D eigenvalue weighted by molar-refractivity contribution is -0.396. The van der Waals surface area contributed by atoms with Crippen LogP contribution in [0, 0.1) is 10.1 Å². The summed E-state index contributed by atoms with van der Waals surface area (Å²) in [6.45, 7) is 2.96. The third kappa shape index (κ3) is 3.99.